The summed E-state index contributed by atoms with van der Waals surface area (Å²) in [6, 6.07) is 6.15. The zero-order valence-corrected chi connectivity index (χ0v) is 15.7. The first kappa shape index (κ1) is 16.6. The number of halogens is 1. The topological polar surface area (TPSA) is 43.3 Å². The van der Waals surface area contributed by atoms with Crippen LogP contribution in [0, 0.1) is 17.8 Å². The predicted octanol–water partition coefficient (Wildman–Crippen LogP) is 4.42. The number of benzene rings is 1. The van der Waals surface area contributed by atoms with E-state index in [0.29, 0.717) is 23.1 Å². The molecular formula is C21H25ClN2O2. The van der Waals surface area contributed by atoms with Crippen molar-refractivity contribution < 1.29 is 9.53 Å². The van der Waals surface area contributed by atoms with E-state index in [-0.39, 0.29) is 11.9 Å². The Labute approximate surface area is 158 Å². The molecule has 26 heavy (non-hydrogen) atoms. The highest BCUT2D eigenvalue weighted by Gasteiger charge is 2.39. The lowest BCUT2D eigenvalue weighted by Gasteiger charge is -2.21. The number of ether oxygens (including phenoxy) is 1. The highest BCUT2D eigenvalue weighted by Crippen LogP contribution is 2.48. The molecule has 1 aromatic heterocycles. The molecule has 2 aromatic rings. The highest BCUT2D eigenvalue weighted by atomic mass is 35.5. The van der Waals surface area contributed by atoms with Gasteiger partial charge in [-0.3, -0.25) is 4.79 Å². The van der Waals surface area contributed by atoms with Crippen molar-refractivity contribution in [1.29, 1.82) is 0 Å². The standard InChI is InChI=1S/C21H25ClN2O2/c22-18-2-1-3-19-20(18)17(11-24(19)16-6-7-26-12-16)21(25)23-10-15-9-13-4-5-14(15)8-13/h1-3,11,13-16H,4-10,12H2,(H,23,25)/t13-,14+,15?,16?/m1/s1. The molecule has 2 heterocycles. The molecule has 1 aromatic carbocycles. The number of hydrogen-bond acceptors (Lipinski definition) is 2. The summed E-state index contributed by atoms with van der Waals surface area (Å²) in [5.74, 6) is 2.38. The van der Waals surface area contributed by atoms with Crippen LogP contribution in [0.25, 0.3) is 10.9 Å². The summed E-state index contributed by atoms with van der Waals surface area (Å²) in [6.45, 7) is 2.27. The Kier molecular flexibility index (Phi) is 4.21. The first-order chi connectivity index (χ1) is 12.7. The van der Waals surface area contributed by atoms with Crippen molar-refractivity contribution in [2.45, 2.75) is 38.1 Å². The van der Waals surface area contributed by atoms with E-state index in [4.69, 9.17) is 16.3 Å². The zero-order chi connectivity index (χ0) is 17.7. The Morgan fingerprint density at radius 3 is 2.92 bits per heavy atom. The molecule has 0 spiro atoms. The maximum atomic E-state index is 13.0. The van der Waals surface area contributed by atoms with Crippen LogP contribution in [-0.4, -0.2) is 30.2 Å². The van der Waals surface area contributed by atoms with Gasteiger partial charge in [0, 0.05) is 24.7 Å². The Morgan fingerprint density at radius 1 is 1.27 bits per heavy atom. The van der Waals surface area contributed by atoms with Gasteiger partial charge in [-0.2, -0.15) is 0 Å². The summed E-state index contributed by atoms with van der Waals surface area (Å²) in [7, 11) is 0. The summed E-state index contributed by atoms with van der Waals surface area (Å²) >= 11 is 6.48. The van der Waals surface area contributed by atoms with E-state index in [9.17, 15) is 4.79 Å². The summed E-state index contributed by atoms with van der Waals surface area (Å²) < 4.78 is 7.73. The van der Waals surface area contributed by atoms with E-state index in [1.807, 2.05) is 24.4 Å². The predicted molar refractivity (Wildman–Crippen MR) is 103 cm³/mol. The van der Waals surface area contributed by atoms with Gasteiger partial charge in [0.2, 0.25) is 0 Å². The molecule has 1 saturated heterocycles. The number of carbonyl (C=O) groups excluding carboxylic acids is 1. The molecule has 1 aliphatic heterocycles. The molecule has 5 rings (SSSR count). The molecular weight excluding hydrogens is 348 g/mol. The normalized spacial score (nSPS) is 30.3. The van der Waals surface area contributed by atoms with Crippen LogP contribution in [-0.2, 0) is 4.74 Å². The maximum Gasteiger partial charge on any atom is 0.253 e. The number of amides is 1. The number of nitrogens with one attached hydrogen (secondary N) is 1. The van der Waals surface area contributed by atoms with E-state index in [0.717, 1.165) is 42.3 Å². The molecule has 2 aliphatic carbocycles. The fraction of sp³-hybridized carbons (Fsp3) is 0.571. The summed E-state index contributed by atoms with van der Waals surface area (Å²) in [6.07, 6.45) is 8.34. The van der Waals surface area contributed by atoms with Crippen LogP contribution in [0.3, 0.4) is 0 Å². The Morgan fingerprint density at radius 2 is 2.19 bits per heavy atom. The fourth-order valence-corrected chi connectivity index (χ4v) is 5.70. The van der Waals surface area contributed by atoms with E-state index >= 15 is 0 Å². The summed E-state index contributed by atoms with van der Waals surface area (Å²) in [4.78, 5) is 13.0. The Hall–Kier alpha value is -1.52. The lowest BCUT2D eigenvalue weighted by atomic mass is 9.89. The first-order valence-corrected chi connectivity index (χ1v) is 10.2. The van der Waals surface area contributed by atoms with Crippen molar-refractivity contribution >= 4 is 28.4 Å². The van der Waals surface area contributed by atoms with Gasteiger partial charge in [-0.05, 0) is 55.6 Å². The average Bonchev–Trinajstić information content (AvgIpc) is 3.42. The van der Waals surface area contributed by atoms with Crippen LogP contribution >= 0.6 is 11.6 Å². The lowest BCUT2D eigenvalue weighted by Crippen LogP contribution is -2.31. The van der Waals surface area contributed by atoms with Gasteiger partial charge < -0.3 is 14.6 Å². The molecule has 4 nitrogen and oxygen atoms in total. The molecule has 5 heteroatoms. The van der Waals surface area contributed by atoms with E-state index in [2.05, 4.69) is 9.88 Å². The average molecular weight is 373 g/mol. The summed E-state index contributed by atoms with van der Waals surface area (Å²) in [5, 5.41) is 4.72. The lowest BCUT2D eigenvalue weighted by molar-refractivity contribution is 0.0943. The third-order valence-corrected chi connectivity index (χ3v) is 7.08. The third-order valence-electron chi connectivity index (χ3n) is 6.76. The molecule has 2 saturated carbocycles. The molecule has 2 unspecified atom stereocenters. The monoisotopic (exact) mass is 372 g/mol. The van der Waals surface area contributed by atoms with Crippen LogP contribution in [0.15, 0.2) is 24.4 Å². The first-order valence-electron chi connectivity index (χ1n) is 9.85. The number of hydrogen-bond donors (Lipinski definition) is 1. The summed E-state index contributed by atoms with van der Waals surface area (Å²) in [5.41, 5.74) is 1.72. The van der Waals surface area contributed by atoms with Gasteiger partial charge in [-0.1, -0.05) is 24.1 Å². The minimum Gasteiger partial charge on any atom is -0.379 e. The number of carbonyl (C=O) groups is 1. The van der Waals surface area contributed by atoms with Gasteiger partial charge in [-0.15, -0.1) is 0 Å². The second kappa shape index (κ2) is 6.58. The largest absolute Gasteiger partial charge is 0.379 e. The van der Waals surface area contributed by atoms with Crippen LogP contribution in [0.1, 0.15) is 48.5 Å². The van der Waals surface area contributed by atoms with Gasteiger partial charge in [-0.25, -0.2) is 0 Å². The molecule has 0 radical (unpaired) electrons. The van der Waals surface area contributed by atoms with Crippen LogP contribution in [0.5, 0.6) is 0 Å². The van der Waals surface area contributed by atoms with E-state index in [1.165, 1.54) is 25.7 Å². The van der Waals surface area contributed by atoms with Gasteiger partial charge in [0.25, 0.3) is 5.91 Å². The van der Waals surface area contributed by atoms with Crippen LogP contribution in [0.4, 0.5) is 0 Å². The minimum absolute atomic E-state index is 0.00328. The number of rotatable bonds is 4. The molecule has 3 aliphatic rings. The minimum atomic E-state index is 0.00328. The van der Waals surface area contributed by atoms with E-state index in [1.54, 1.807) is 0 Å². The van der Waals surface area contributed by atoms with Crippen molar-refractivity contribution in [2.24, 2.45) is 17.8 Å². The van der Waals surface area contributed by atoms with E-state index < -0.39 is 0 Å². The van der Waals surface area contributed by atoms with Crippen molar-refractivity contribution in [1.82, 2.24) is 9.88 Å². The molecule has 4 atom stereocenters. The third kappa shape index (κ3) is 2.74. The molecule has 1 N–H and O–H groups in total. The number of fused-ring (bicyclic) bond motifs is 3. The SMILES string of the molecule is O=C(NCC1C[C@@H]2CC[C@H]1C2)c1cn(C2CCOC2)c2cccc(Cl)c12. The number of nitrogens with zero attached hydrogens (tertiary/aromatic N) is 1. The zero-order valence-electron chi connectivity index (χ0n) is 14.9. The molecule has 1 amide bonds. The van der Waals surface area contributed by atoms with Gasteiger partial charge >= 0.3 is 0 Å². The van der Waals surface area contributed by atoms with Crippen LogP contribution < -0.4 is 5.32 Å². The Balaban J connectivity index is 1.41. The molecule has 138 valence electrons. The van der Waals surface area contributed by atoms with Crippen molar-refractivity contribution in [3.8, 4) is 0 Å². The molecule has 3 fully saturated rings. The fourth-order valence-electron chi connectivity index (χ4n) is 5.43. The quantitative estimate of drug-likeness (QED) is 0.863. The Bertz CT molecular complexity index is 840. The van der Waals surface area contributed by atoms with Gasteiger partial charge in [0.15, 0.2) is 0 Å². The number of aromatic nitrogens is 1. The van der Waals surface area contributed by atoms with Crippen molar-refractivity contribution in [3.63, 3.8) is 0 Å². The van der Waals surface area contributed by atoms with Gasteiger partial charge in [0.05, 0.1) is 28.8 Å². The second-order valence-corrected chi connectivity index (χ2v) is 8.65. The maximum absolute atomic E-state index is 13.0. The second-order valence-electron chi connectivity index (χ2n) is 8.25. The smallest absolute Gasteiger partial charge is 0.253 e. The highest BCUT2D eigenvalue weighted by molar-refractivity contribution is 6.36. The van der Waals surface area contributed by atoms with Gasteiger partial charge in [0.1, 0.15) is 0 Å². The van der Waals surface area contributed by atoms with Crippen LogP contribution in [0.2, 0.25) is 5.02 Å². The molecule has 2 bridgehead atoms. The van der Waals surface area contributed by atoms with Crippen molar-refractivity contribution in [3.05, 3.63) is 35.0 Å². The van der Waals surface area contributed by atoms with Crippen molar-refractivity contribution in [2.75, 3.05) is 19.8 Å².